The first-order chi connectivity index (χ1) is 18.7. The summed E-state index contributed by atoms with van der Waals surface area (Å²) in [6.45, 7) is 0.452. The monoisotopic (exact) mass is 601 g/mol. The highest BCUT2D eigenvalue weighted by atomic mass is 79.9. The second-order valence-electron chi connectivity index (χ2n) is 8.11. The van der Waals surface area contributed by atoms with Crippen molar-refractivity contribution in [3.63, 3.8) is 0 Å². The fourth-order valence-electron chi connectivity index (χ4n) is 3.49. The number of anilines is 5. The third-order valence-electron chi connectivity index (χ3n) is 5.27. The van der Waals surface area contributed by atoms with Crippen LogP contribution in [0.2, 0.25) is 0 Å². The molecule has 0 radical (unpaired) electrons. The van der Waals surface area contributed by atoms with Crippen molar-refractivity contribution in [3.05, 3.63) is 125 Å². The molecular weight excluding hydrogens is 578 g/mol. The van der Waals surface area contributed by atoms with Crippen LogP contribution in [0.5, 0.6) is 5.75 Å². The molecule has 10 heteroatoms. The van der Waals surface area contributed by atoms with Gasteiger partial charge in [0.1, 0.15) is 12.4 Å². The van der Waals surface area contributed by atoms with Gasteiger partial charge in [-0.05, 0) is 48.0 Å². The van der Waals surface area contributed by atoms with Gasteiger partial charge >= 0.3 is 0 Å². The van der Waals surface area contributed by atoms with E-state index in [9.17, 15) is 0 Å². The molecule has 5 aromatic rings. The largest absolute Gasteiger partial charge is 0.488 e. The third-order valence-corrected chi connectivity index (χ3v) is 5.77. The number of nitrogens with one attached hydrogen (secondary N) is 3. The first kappa shape index (κ1) is 27.6. The van der Waals surface area contributed by atoms with Crippen molar-refractivity contribution < 1.29 is 4.74 Å². The summed E-state index contributed by atoms with van der Waals surface area (Å²) in [5.41, 5.74) is 6.51. The lowest BCUT2D eigenvalue weighted by Crippen LogP contribution is -2.07. The molecule has 0 unspecified atom stereocenters. The van der Waals surface area contributed by atoms with E-state index < -0.39 is 0 Å². The molecule has 0 fully saturated rings. The smallest absolute Gasteiger partial charge is 0.250 e. The summed E-state index contributed by atoms with van der Waals surface area (Å²) in [6.07, 6.45) is 1.67. The van der Waals surface area contributed by atoms with Gasteiger partial charge in [-0.3, -0.25) is 0 Å². The first-order valence-corrected chi connectivity index (χ1v) is 12.7. The molecule has 0 aliphatic heterocycles. The number of hydrogen-bond donors (Lipinski definition) is 3. The molecule has 0 aliphatic carbocycles. The van der Waals surface area contributed by atoms with Gasteiger partial charge in [0.15, 0.2) is 0 Å². The molecule has 0 saturated carbocycles. The van der Waals surface area contributed by atoms with Crippen LogP contribution in [-0.2, 0) is 6.61 Å². The van der Waals surface area contributed by atoms with Crippen LogP contribution >= 0.6 is 28.3 Å². The minimum absolute atomic E-state index is 0. The lowest BCUT2D eigenvalue weighted by atomic mass is 10.2. The Labute approximate surface area is 241 Å². The van der Waals surface area contributed by atoms with Crippen LogP contribution in [0, 0.1) is 0 Å². The van der Waals surface area contributed by atoms with Crippen LogP contribution < -0.4 is 20.8 Å². The van der Waals surface area contributed by atoms with Gasteiger partial charge in [-0.25, -0.2) is 5.43 Å². The van der Waals surface area contributed by atoms with E-state index in [1.807, 2.05) is 109 Å². The zero-order chi connectivity index (χ0) is 26.0. The van der Waals surface area contributed by atoms with Crippen molar-refractivity contribution in [2.75, 3.05) is 16.1 Å². The van der Waals surface area contributed by atoms with Crippen molar-refractivity contribution in [2.45, 2.75) is 6.61 Å². The Balaban J connectivity index is 0.00000353. The van der Waals surface area contributed by atoms with E-state index in [-0.39, 0.29) is 18.4 Å². The molecule has 0 saturated heterocycles. The first-order valence-electron chi connectivity index (χ1n) is 11.9. The highest BCUT2D eigenvalue weighted by Crippen LogP contribution is 2.23. The predicted octanol–water partition coefficient (Wildman–Crippen LogP) is 7.57. The molecule has 0 amide bonds. The van der Waals surface area contributed by atoms with E-state index >= 15 is 0 Å². The summed E-state index contributed by atoms with van der Waals surface area (Å²) in [7, 11) is 0. The molecule has 0 aliphatic rings. The summed E-state index contributed by atoms with van der Waals surface area (Å²) in [6, 6.07) is 35.2. The van der Waals surface area contributed by atoms with Gasteiger partial charge in [0.05, 0.1) is 6.21 Å². The van der Waals surface area contributed by atoms with Crippen LogP contribution in [0.3, 0.4) is 0 Å². The molecule has 3 N–H and O–H groups in total. The molecule has 1 aromatic heterocycles. The Hall–Kier alpha value is -4.47. The average Bonchev–Trinajstić information content (AvgIpc) is 2.94. The highest BCUT2D eigenvalue weighted by Gasteiger charge is 2.08. The van der Waals surface area contributed by atoms with Crippen LogP contribution in [-0.4, -0.2) is 21.2 Å². The Kier molecular flexibility index (Phi) is 9.82. The number of aromatic nitrogens is 3. The van der Waals surface area contributed by atoms with Gasteiger partial charge < -0.3 is 15.4 Å². The molecule has 196 valence electrons. The van der Waals surface area contributed by atoms with Gasteiger partial charge in [-0.1, -0.05) is 82.7 Å². The Morgan fingerprint density at radius 2 is 1.23 bits per heavy atom. The number of para-hydroxylation sites is 2. The number of halogens is 2. The Bertz CT molecular complexity index is 1450. The number of hydrazone groups is 1. The molecular formula is C29H25BrClN7O. The van der Waals surface area contributed by atoms with E-state index in [0.717, 1.165) is 27.0 Å². The number of ether oxygens (including phenoxy) is 1. The topological polar surface area (TPSA) is 96.4 Å². The van der Waals surface area contributed by atoms with E-state index in [4.69, 9.17) is 4.74 Å². The van der Waals surface area contributed by atoms with E-state index in [2.05, 4.69) is 52.0 Å². The molecule has 0 atom stereocenters. The zero-order valence-electron chi connectivity index (χ0n) is 20.7. The van der Waals surface area contributed by atoms with Crippen molar-refractivity contribution in [1.29, 1.82) is 0 Å². The normalized spacial score (nSPS) is 10.5. The second kappa shape index (κ2) is 13.9. The molecule has 5 rings (SSSR count). The summed E-state index contributed by atoms with van der Waals surface area (Å²) < 4.78 is 6.96. The van der Waals surface area contributed by atoms with Gasteiger partial charge in [0.25, 0.3) is 0 Å². The molecule has 1 heterocycles. The maximum atomic E-state index is 6.05. The van der Waals surface area contributed by atoms with Crippen molar-refractivity contribution >= 4 is 63.8 Å². The zero-order valence-corrected chi connectivity index (χ0v) is 23.1. The quantitative estimate of drug-likeness (QED) is 0.112. The average molecular weight is 603 g/mol. The van der Waals surface area contributed by atoms with Gasteiger partial charge in [-0.15, -0.1) is 12.4 Å². The van der Waals surface area contributed by atoms with Crippen LogP contribution in [0.4, 0.5) is 29.2 Å². The van der Waals surface area contributed by atoms with Crippen molar-refractivity contribution in [3.8, 4) is 5.75 Å². The van der Waals surface area contributed by atoms with Gasteiger partial charge in [-0.2, -0.15) is 20.1 Å². The standard InChI is InChI=1S/C29H24BrN7O.ClH/c30-23-16-17-26(38-20-21-10-4-1-5-11-21)22(18-23)19-31-37-29-35-27(32-24-12-6-2-7-13-24)34-28(36-29)33-25-14-8-3-9-15-25;/h1-19H,20H2,(H3,32,33,34,35,36,37);1H/b31-19+;. The summed E-state index contributed by atoms with van der Waals surface area (Å²) in [5, 5.41) is 10.8. The maximum absolute atomic E-state index is 6.05. The highest BCUT2D eigenvalue weighted by molar-refractivity contribution is 9.10. The molecule has 0 spiro atoms. The van der Waals surface area contributed by atoms with Crippen molar-refractivity contribution in [2.24, 2.45) is 5.10 Å². The van der Waals surface area contributed by atoms with Crippen LogP contribution in [0.1, 0.15) is 11.1 Å². The number of hydrogen-bond acceptors (Lipinski definition) is 8. The summed E-state index contributed by atoms with van der Waals surface area (Å²) in [4.78, 5) is 13.5. The maximum Gasteiger partial charge on any atom is 0.250 e. The number of benzene rings is 4. The van der Waals surface area contributed by atoms with E-state index in [0.29, 0.717) is 24.3 Å². The summed E-state index contributed by atoms with van der Waals surface area (Å²) in [5.74, 6) is 1.72. The lowest BCUT2D eigenvalue weighted by Gasteiger charge is -2.11. The fourth-order valence-corrected chi connectivity index (χ4v) is 3.86. The number of nitrogens with zero attached hydrogens (tertiary/aromatic N) is 4. The van der Waals surface area contributed by atoms with Crippen LogP contribution in [0.15, 0.2) is 119 Å². The van der Waals surface area contributed by atoms with Crippen LogP contribution in [0.25, 0.3) is 0 Å². The minimum Gasteiger partial charge on any atom is -0.488 e. The van der Waals surface area contributed by atoms with E-state index in [1.165, 1.54) is 0 Å². The SMILES string of the molecule is Brc1ccc(OCc2ccccc2)c(/C=N/Nc2nc(Nc3ccccc3)nc(Nc3ccccc3)n2)c1.Cl. The van der Waals surface area contributed by atoms with Gasteiger partial charge in [0, 0.05) is 21.4 Å². The third kappa shape index (κ3) is 8.26. The predicted molar refractivity (Wildman–Crippen MR) is 163 cm³/mol. The Morgan fingerprint density at radius 3 is 1.82 bits per heavy atom. The Morgan fingerprint density at radius 1 is 0.692 bits per heavy atom. The molecule has 8 nitrogen and oxygen atoms in total. The number of rotatable bonds is 10. The lowest BCUT2D eigenvalue weighted by molar-refractivity contribution is 0.306. The minimum atomic E-state index is 0. The fraction of sp³-hybridized carbons (Fsp3) is 0.0345. The second-order valence-corrected chi connectivity index (χ2v) is 9.03. The summed E-state index contributed by atoms with van der Waals surface area (Å²) >= 11 is 3.52. The van der Waals surface area contributed by atoms with Crippen molar-refractivity contribution in [1.82, 2.24) is 15.0 Å². The molecule has 4 aromatic carbocycles. The van der Waals surface area contributed by atoms with E-state index in [1.54, 1.807) is 6.21 Å². The molecule has 0 bridgehead atoms. The van der Waals surface area contributed by atoms with Gasteiger partial charge in [0.2, 0.25) is 17.8 Å². The molecule has 39 heavy (non-hydrogen) atoms.